The van der Waals surface area contributed by atoms with Gasteiger partial charge in [-0.25, -0.2) is 4.79 Å². The topological polar surface area (TPSA) is 66.0 Å². The fourth-order valence-corrected chi connectivity index (χ4v) is 2.12. The van der Waals surface area contributed by atoms with Gasteiger partial charge in [0.2, 0.25) is 0 Å². The van der Waals surface area contributed by atoms with Crippen LogP contribution in [0.25, 0.3) is 10.9 Å². The molecule has 2 rings (SSSR count). The van der Waals surface area contributed by atoms with Crippen molar-refractivity contribution >= 4 is 32.9 Å². The molecule has 74 valence electrons. The molecule has 0 atom stereocenters. The summed E-state index contributed by atoms with van der Waals surface area (Å²) >= 11 is 3.25. The van der Waals surface area contributed by atoms with Gasteiger partial charge in [0, 0.05) is 16.1 Å². The predicted octanol–water partition coefficient (Wildman–Crippen LogP) is 2.80. The second kappa shape index (κ2) is 3.41. The van der Waals surface area contributed by atoms with E-state index in [2.05, 4.69) is 15.9 Å². The fourth-order valence-electron chi connectivity index (χ4n) is 1.45. The number of nitrogens with zero attached hydrogens (tertiary/aromatic N) is 2. The number of carbonyl (C=O) groups is 1. The van der Waals surface area contributed by atoms with Crippen molar-refractivity contribution in [3.05, 3.63) is 34.4 Å². The summed E-state index contributed by atoms with van der Waals surface area (Å²) in [6, 6.07) is 6.92. The van der Waals surface area contributed by atoms with E-state index in [4.69, 9.17) is 10.4 Å². The zero-order valence-electron chi connectivity index (χ0n) is 7.44. The summed E-state index contributed by atoms with van der Waals surface area (Å²) < 4.78 is 1.71. The van der Waals surface area contributed by atoms with Crippen LogP contribution < -0.4 is 0 Å². The molecule has 0 unspecified atom stereocenters. The van der Waals surface area contributed by atoms with E-state index in [0.717, 1.165) is 9.95 Å². The summed E-state index contributed by atoms with van der Waals surface area (Å²) in [5.41, 5.74) is 1.05. The highest BCUT2D eigenvalue weighted by atomic mass is 79.9. The van der Waals surface area contributed by atoms with Crippen molar-refractivity contribution in [2.24, 2.45) is 0 Å². The Bertz CT molecular complexity index is 595. The number of fused-ring (bicyclic) bond motifs is 1. The van der Waals surface area contributed by atoms with Crippen LogP contribution in [0.4, 0.5) is 4.79 Å². The molecule has 0 fully saturated rings. The summed E-state index contributed by atoms with van der Waals surface area (Å²) in [6.45, 7) is 0. The first-order chi connectivity index (χ1) is 7.13. The summed E-state index contributed by atoms with van der Waals surface area (Å²) in [5, 5.41) is 18.4. The summed E-state index contributed by atoms with van der Waals surface area (Å²) in [4.78, 5) is 10.9. The van der Waals surface area contributed by atoms with Gasteiger partial charge in [-0.3, -0.25) is 4.57 Å². The lowest BCUT2D eigenvalue weighted by Crippen LogP contribution is -2.05. The minimum Gasteiger partial charge on any atom is -0.464 e. The fraction of sp³-hybridized carbons (Fsp3) is 0. The Balaban J connectivity index is 2.84. The predicted molar refractivity (Wildman–Crippen MR) is 57.8 cm³/mol. The van der Waals surface area contributed by atoms with Gasteiger partial charge in [-0.1, -0.05) is 0 Å². The average Bonchev–Trinajstić information content (AvgIpc) is 2.61. The molecular formula is C10H5BrN2O2. The Kier molecular flexibility index (Phi) is 2.21. The first kappa shape index (κ1) is 9.74. The molecular weight excluding hydrogens is 260 g/mol. The zero-order chi connectivity index (χ0) is 11.0. The molecule has 0 aliphatic rings. The van der Waals surface area contributed by atoms with Crippen LogP contribution in [0.1, 0.15) is 5.56 Å². The molecule has 1 aromatic carbocycles. The van der Waals surface area contributed by atoms with E-state index in [1.807, 2.05) is 6.07 Å². The van der Waals surface area contributed by atoms with Crippen LogP contribution in [0.5, 0.6) is 0 Å². The van der Waals surface area contributed by atoms with Gasteiger partial charge in [0.1, 0.15) is 0 Å². The second-order valence-electron chi connectivity index (χ2n) is 2.98. The van der Waals surface area contributed by atoms with Gasteiger partial charge in [0.15, 0.2) is 0 Å². The summed E-state index contributed by atoms with van der Waals surface area (Å²) in [5.74, 6) is 0. The number of carboxylic acid groups (broad SMARTS) is 1. The third-order valence-electron chi connectivity index (χ3n) is 2.07. The Morgan fingerprint density at radius 1 is 1.53 bits per heavy atom. The number of nitriles is 1. The van der Waals surface area contributed by atoms with Crippen molar-refractivity contribution in [1.29, 1.82) is 5.26 Å². The molecule has 0 spiro atoms. The van der Waals surface area contributed by atoms with Crippen molar-refractivity contribution < 1.29 is 9.90 Å². The SMILES string of the molecule is N#Cc1cc(Br)c2c(ccn2C(=O)O)c1. The highest BCUT2D eigenvalue weighted by molar-refractivity contribution is 9.10. The van der Waals surface area contributed by atoms with Gasteiger partial charge in [0.05, 0.1) is 17.1 Å². The van der Waals surface area contributed by atoms with Crippen LogP contribution in [-0.2, 0) is 0 Å². The van der Waals surface area contributed by atoms with Crippen molar-refractivity contribution in [3.8, 4) is 6.07 Å². The lowest BCUT2D eigenvalue weighted by Gasteiger charge is -2.00. The van der Waals surface area contributed by atoms with E-state index in [9.17, 15) is 4.79 Å². The van der Waals surface area contributed by atoms with Gasteiger partial charge < -0.3 is 5.11 Å². The normalized spacial score (nSPS) is 10.1. The smallest absolute Gasteiger partial charge is 0.416 e. The van der Waals surface area contributed by atoms with Gasteiger partial charge in [-0.15, -0.1) is 0 Å². The highest BCUT2D eigenvalue weighted by Crippen LogP contribution is 2.26. The standard InChI is InChI=1S/C10H5BrN2O2/c11-8-4-6(5-12)3-7-1-2-13(9(7)8)10(14)15/h1-4H,(H,14,15). The molecule has 1 heterocycles. The molecule has 5 heteroatoms. The van der Waals surface area contributed by atoms with Gasteiger partial charge in [-0.2, -0.15) is 5.26 Å². The number of halogens is 1. The van der Waals surface area contributed by atoms with Crippen molar-refractivity contribution in [3.63, 3.8) is 0 Å². The number of hydrogen-bond acceptors (Lipinski definition) is 2. The first-order valence-corrected chi connectivity index (χ1v) is 4.87. The minimum atomic E-state index is -1.05. The van der Waals surface area contributed by atoms with Crippen molar-refractivity contribution in [1.82, 2.24) is 4.57 Å². The number of rotatable bonds is 0. The van der Waals surface area contributed by atoms with Crippen LogP contribution >= 0.6 is 15.9 Å². The minimum absolute atomic E-state index is 0.498. The molecule has 1 N–H and O–H groups in total. The van der Waals surface area contributed by atoms with Gasteiger partial charge in [-0.05, 0) is 34.1 Å². The van der Waals surface area contributed by atoms with Crippen LogP contribution in [0.3, 0.4) is 0 Å². The maximum atomic E-state index is 10.9. The van der Waals surface area contributed by atoms with Crippen LogP contribution in [0.15, 0.2) is 28.9 Å². The van der Waals surface area contributed by atoms with E-state index in [-0.39, 0.29) is 0 Å². The Morgan fingerprint density at radius 2 is 2.27 bits per heavy atom. The number of hydrogen-bond donors (Lipinski definition) is 1. The largest absolute Gasteiger partial charge is 0.464 e. The first-order valence-electron chi connectivity index (χ1n) is 4.07. The lowest BCUT2D eigenvalue weighted by molar-refractivity contribution is 0.197. The van der Waals surface area contributed by atoms with Crippen LogP contribution in [-0.4, -0.2) is 15.8 Å². The number of benzene rings is 1. The molecule has 15 heavy (non-hydrogen) atoms. The molecule has 0 radical (unpaired) electrons. The molecule has 0 aliphatic carbocycles. The maximum absolute atomic E-state index is 10.9. The van der Waals surface area contributed by atoms with Gasteiger partial charge >= 0.3 is 6.09 Å². The van der Waals surface area contributed by atoms with Crippen LogP contribution in [0.2, 0.25) is 0 Å². The van der Waals surface area contributed by atoms with E-state index < -0.39 is 6.09 Å². The quantitative estimate of drug-likeness (QED) is 0.796. The van der Waals surface area contributed by atoms with E-state index in [1.54, 1.807) is 18.2 Å². The van der Waals surface area contributed by atoms with Crippen molar-refractivity contribution in [2.75, 3.05) is 0 Å². The average molecular weight is 265 g/mol. The van der Waals surface area contributed by atoms with E-state index in [0.29, 0.717) is 15.6 Å². The highest BCUT2D eigenvalue weighted by Gasteiger charge is 2.10. The molecule has 0 saturated carbocycles. The van der Waals surface area contributed by atoms with Crippen LogP contribution in [0, 0.1) is 11.3 Å². The zero-order valence-corrected chi connectivity index (χ0v) is 9.02. The molecule has 0 saturated heterocycles. The molecule has 2 aromatic rings. The monoisotopic (exact) mass is 264 g/mol. The Hall–Kier alpha value is -1.80. The summed E-state index contributed by atoms with van der Waals surface area (Å²) in [6.07, 6.45) is 0.411. The third kappa shape index (κ3) is 1.49. The Morgan fingerprint density at radius 3 is 2.87 bits per heavy atom. The second-order valence-corrected chi connectivity index (χ2v) is 3.83. The van der Waals surface area contributed by atoms with E-state index in [1.165, 1.54) is 6.20 Å². The van der Waals surface area contributed by atoms with E-state index >= 15 is 0 Å². The van der Waals surface area contributed by atoms with Crippen molar-refractivity contribution in [2.45, 2.75) is 0 Å². The molecule has 0 aliphatic heterocycles. The summed E-state index contributed by atoms with van der Waals surface area (Å²) in [7, 11) is 0. The molecule has 0 bridgehead atoms. The van der Waals surface area contributed by atoms with Gasteiger partial charge in [0.25, 0.3) is 0 Å². The molecule has 4 nitrogen and oxygen atoms in total. The maximum Gasteiger partial charge on any atom is 0.416 e. The third-order valence-corrected chi connectivity index (χ3v) is 2.68. The Labute approximate surface area is 93.5 Å². The molecule has 1 aromatic heterocycles. The molecule has 0 amide bonds. The lowest BCUT2D eigenvalue weighted by atomic mass is 10.2. The number of aromatic nitrogens is 1.